The van der Waals surface area contributed by atoms with Crippen LogP contribution in [0, 0.1) is 6.92 Å². The summed E-state index contributed by atoms with van der Waals surface area (Å²) in [5.41, 5.74) is 28.3. The Morgan fingerprint density at radius 1 is 0.513 bits per heavy atom. The fourth-order valence-corrected chi connectivity index (χ4v) is 14.9. The normalized spacial score (nSPS) is 15.3. The average Bonchev–Trinajstić information content (AvgIpc) is 3.22. The van der Waals surface area contributed by atoms with Crippen molar-refractivity contribution in [2.24, 2.45) is 7.05 Å². The molecule has 0 fully saturated rings. The third kappa shape index (κ3) is 6.43. The lowest BCUT2D eigenvalue weighted by Crippen LogP contribution is -2.63. The molecule has 0 radical (unpaired) electrons. The molecule has 76 heavy (non-hydrogen) atoms. The molecule has 0 amide bonds. The van der Waals surface area contributed by atoms with E-state index in [2.05, 4.69) is 263 Å². The summed E-state index contributed by atoms with van der Waals surface area (Å²) in [7, 11) is 2.27. The number of aryl methyl sites for hydroxylation is 2. The Morgan fingerprint density at radius 3 is 1.76 bits per heavy atom. The molecule has 6 heteroatoms. The molecule has 378 valence electrons. The van der Waals surface area contributed by atoms with Gasteiger partial charge in [0.25, 0.3) is 12.4 Å². The lowest BCUT2D eigenvalue weighted by Gasteiger charge is -2.51. The average molecular weight is 1010 g/mol. The van der Waals surface area contributed by atoms with E-state index in [1.807, 2.05) is 11.8 Å². The summed E-state index contributed by atoms with van der Waals surface area (Å²) < 4.78 is 5.03. The van der Waals surface area contributed by atoms with Gasteiger partial charge in [0.2, 0.25) is 0 Å². The van der Waals surface area contributed by atoms with Gasteiger partial charge in [-0.1, -0.05) is 188 Å². The molecular weight excluding hydrogens is 940 g/mol. The highest BCUT2D eigenvalue weighted by Crippen LogP contribution is 2.59. The molecule has 4 aliphatic rings. The largest absolute Gasteiger partial charge is 0.311 e. The number of benzene rings is 8. The first kappa shape index (κ1) is 47.7. The Labute approximate surface area is 454 Å². The minimum Gasteiger partial charge on any atom is -0.311 e. The number of fused-ring (bicyclic) bond motifs is 16. The van der Waals surface area contributed by atoms with Crippen LogP contribution >= 0.6 is 11.8 Å². The highest BCUT2D eigenvalue weighted by molar-refractivity contribution is 7.99. The van der Waals surface area contributed by atoms with Gasteiger partial charge in [0.1, 0.15) is 5.52 Å². The van der Waals surface area contributed by atoms with Crippen LogP contribution < -0.4 is 30.8 Å². The van der Waals surface area contributed by atoms with E-state index in [0.717, 1.165) is 0 Å². The van der Waals surface area contributed by atoms with Gasteiger partial charge in [-0.15, -0.1) is 0 Å². The van der Waals surface area contributed by atoms with Crippen molar-refractivity contribution in [2.75, 3.05) is 9.80 Å². The van der Waals surface area contributed by atoms with Crippen LogP contribution in [-0.4, -0.2) is 11.1 Å². The van der Waals surface area contributed by atoms with E-state index in [4.69, 9.17) is 0 Å². The van der Waals surface area contributed by atoms with Gasteiger partial charge >= 0.3 is 0 Å². The van der Waals surface area contributed by atoms with E-state index in [-0.39, 0.29) is 33.8 Å². The van der Waals surface area contributed by atoms with Crippen molar-refractivity contribution in [3.63, 3.8) is 0 Å². The second kappa shape index (κ2) is 15.3. The minimum atomic E-state index is -0.281. The van der Waals surface area contributed by atoms with Crippen molar-refractivity contribution in [1.29, 1.82) is 0 Å². The van der Waals surface area contributed by atoms with E-state index in [1.165, 1.54) is 149 Å². The molecule has 0 saturated heterocycles. The number of anilines is 6. The minimum absolute atomic E-state index is 0.00231. The molecule has 0 spiro atoms. The highest BCUT2D eigenvalue weighted by Gasteiger charge is 2.51. The zero-order valence-corrected chi connectivity index (χ0v) is 48.3. The van der Waals surface area contributed by atoms with Crippen molar-refractivity contribution < 1.29 is 4.57 Å². The third-order valence-corrected chi connectivity index (χ3v) is 19.1. The van der Waals surface area contributed by atoms with Crippen LogP contribution in [0.5, 0.6) is 0 Å². The van der Waals surface area contributed by atoms with Crippen LogP contribution in [-0.2, 0) is 34.1 Å². The molecule has 4 aliphatic heterocycles. The lowest BCUT2D eigenvalue weighted by atomic mass is 9.32. The first-order chi connectivity index (χ1) is 35.8. The third-order valence-electron chi connectivity index (χ3n) is 18.1. The number of aromatic nitrogens is 2. The van der Waals surface area contributed by atoms with E-state index in [9.17, 15) is 0 Å². The van der Waals surface area contributed by atoms with Gasteiger partial charge in [-0.2, -0.15) is 4.40 Å². The van der Waals surface area contributed by atoms with E-state index in [0.29, 0.717) is 0 Å². The fraction of sp³-hybridized carbons (Fsp3) is 0.300. The predicted molar refractivity (Wildman–Crippen MR) is 326 cm³/mol. The van der Waals surface area contributed by atoms with Gasteiger partial charge in [0.05, 0.1) is 29.5 Å². The molecule has 2 aromatic heterocycles. The Hall–Kier alpha value is -6.76. The van der Waals surface area contributed by atoms with Gasteiger partial charge in [0, 0.05) is 48.6 Å². The van der Waals surface area contributed by atoms with Crippen molar-refractivity contribution in [1.82, 2.24) is 4.40 Å². The molecule has 0 atom stereocenters. The van der Waals surface area contributed by atoms with Gasteiger partial charge in [-0.25, -0.2) is 4.57 Å². The number of para-hydroxylation sites is 2. The Kier molecular flexibility index (Phi) is 9.57. The standard InChI is InChI=1S/C70H70BN4S/c1-39-21-19-24-47-46-22-17-18-25-52(46)75-62-45(23-20-26-55(62)72(16)65(75)60(39)47)40-31-56-61-57(32-40)74-54-30-28-42(67(5,6)7)37-58(54)76-59-38-44(69(11,12)13)36-51(64(59)74)71(61)50-35-43(68(8,9)10)34-49-63(50)73(56)53-29-27-41(66(2,3)4)33-48(53)70(49,14)15/h17-38H,1-16H3/q+1. The Balaban J connectivity index is 1.18. The second-order valence-corrected chi connectivity index (χ2v) is 28.5. The molecule has 6 heterocycles. The number of nitrogens with zero attached hydrogens (tertiary/aromatic N) is 4. The molecule has 8 aromatic carbocycles. The van der Waals surface area contributed by atoms with E-state index >= 15 is 0 Å². The monoisotopic (exact) mass is 1010 g/mol. The number of pyridine rings is 1. The summed E-state index contributed by atoms with van der Waals surface area (Å²) in [6.07, 6.45) is 0. The second-order valence-electron chi connectivity index (χ2n) is 27.5. The van der Waals surface area contributed by atoms with E-state index < -0.39 is 0 Å². The van der Waals surface area contributed by atoms with Gasteiger partial charge in [-0.3, -0.25) is 0 Å². The van der Waals surface area contributed by atoms with Crippen LogP contribution in [0.15, 0.2) is 143 Å². The topological polar surface area (TPSA) is 14.8 Å². The van der Waals surface area contributed by atoms with Crippen LogP contribution in [0.25, 0.3) is 49.5 Å². The maximum absolute atomic E-state index is 2.73. The number of hydrogen-bond acceptors (Lipinski definition) is 3. The number of imidazole rings is 1. The summed E-state index contributed by atoms with van der Waals surface area (Å²) in [6.45, 7) is 35.7. The molecular formula is C70H70BN4S+. The van der Waals surface area contributed by atoms with Gasteiger partial charge in [0.15, 0.2) is 11.0 Å². The first-order valence-corrected chi connectivity index (χ1v) is 28.5. The van der Waals surface area contributed by atoms with Gasteiger partial charge in [-0.05, 0) is 144 Å². The summed E-state index contributed by atoms with van der Waals surface area (Å²) in [5.74, 6) is 0. The Bertz CT molecular complexity index is 4260. The maximum Gasteiger partial charge on any atom is 0.295 e. The smallest absolute Gasteiger partial charge is 0.295 e. The molecule has 0 saturated carbocycles. The predicted octanol–water partition coefficient (Wildman–Crippen LogP) is 16.6. The summed E-state index contributed by atoms with van der Waals surface area (Å²) in [5, 5.41) is 3.85. The zero-order chi connectivity index (χ0) is 53.2. The van der Waals surface area contributed by atoms with Gasteiger partial charge < -0.3 is 9.80 Å². The Morgan fingerprint density at radius 2 is 1.08 bits per heavy atom. The van der Waals surface area contributed by atoms with Crippen molar-refractivity contribution in [3.8, 4) is 11.1 Å². The molecule has 4 nitrogen and oxygen atoms in total. The maximum atomic E-state index is 2.73. The first-order valence-electron chi connectivity index (χ1n) is 27.7. The fourth-order valence-electron chi connectivity index (χ4n) is 13.7. The molecule has 0 bridgehead atoms. The lowest BCUT2D eigenvalue weighted by molar-refractivity contribution is -0.617. The molecule has 0 aliphatic carbocycles. The van der Waals surface area contributed by atoms with E-state index in [1.54, 1.807) is 0 Å². The highest BCUT2D eigenvalue weighted by atomic mass is 32.2. The molecule has 0 unspecified atom stereocenters. The molecule has 0 N–H and O–H groups in total. The SMILES string of the molecule is Cc1cccc2c3ccccc3n3c4c(-c5cc6c7c(c5)N5c8ccc(C(C)(C)C)cc8C(C)(C)c8cc(C(C)(C)C)cc(c85)B7c5cc(C(C)(C)C)cc7c5N6c5ccc(C(C)(C)C)cc5S7)cccc4[n+](C)c3c12. The summed E-state index contributed by atoms with van der Waals surface area (Å²) in [6, 6.07) is 53.2. The van der Waals surface area contributed by atoms with Crippen LogP contribution in [0.4, 0.5) is 34.1 Å². The molecule has 14 rings (SSSR count). The van der Waals surface area contributed by atoms with Crippen LogP contribution in [0.3, 0.4) is 0 Å². The van der Waals surface area contributed by atoms with Crippen LogP contribution in [0.2, 0.25) is 0 Å². The zero-order valence-electron chi connectivity index (χ0n) is 47.5. The van der Waals surface area contributed by atoms with Crippen molar-refractivity contribution in [3.05, 3.63) is 172 Å². The number of rotatable bonds is 1. The molecule has 10 aromatic rings. The van der Waals surface area contributed by atoms with Crippen LogP contribution in [0.1, 0.15) is 136 Å². The van der Waals surface area contributed by atoms with Crippen molar-refractivity contribution in [2.45, 2.75) is 141 Å². The quantitative estimate of drug-likeness (QED) is 0.0925. The summed E-state index contributed by atoms with van der Waals surface area (Å²) in [4.78, 5) is 8.08. The summed E-state index contributed by atoms with van der Waals surface area (Å²) >= 11 is 1.97. The van der Waals surface area contributed by atoms with Crippen molar-refractivity contribution >= 4 is 107 Å². The number of hydrogen-bond donors (Lipinski definition) is 0.